The number of amides is 3. The molecule has 4 heterocycles. The number of piperidine rings is 2. The number of benzene rings is 2. The van der Waals surface area contributed by atoms with Gasteiger partial charge in [0.1, 0.15) is 0 Å². The van der Waals surface area contributed by atoms with Crippen LogP contribution in [-0.2, 0) is 0 Å². The van der Waals surface area contributed by atoms with Gasteiger partial charge in [-0.25, -0.2) is 0 Å². The van der Waals surface area contributed by atoms with Gasteiger partial charge in [0.05, 0.1) is 32.5 Å². The third-order valence-electron chi connectivity index (χ3n) is 9.47. The van der Waals surface area contributed by atoms with E-state index in [0.29, 0.717) is 40.8 Å². The fourth-order valence-corrected chi connectivity index (χ4v) is 7.64. The molecule has 12 heteroatoms. The molecular formula is C35H47Cl3N6O3. The van der Waals surface area contributed by atoms with Crippen LogP contribution in [0.25, 0.3) is 0 Å². The van der Waals surface area contributed by atoms with Gasteiger partial charge in [-0.3, -0.25) is 14.4 Å². The molecule has 2 aromatic rings. The van der Waals surface area contributed by atoms with E-state index < -0.39 is 5.37 Å². The normalized spacial score (nSPS) is 19.3. The zero-order valence-electron chi connectivity index (χ0n) is 27.2. The van der Waals surface area contributed by atoms with Gasteiger partial charge in [0, 0.05) is 72.0 Å². The molecule has 0 radical (unpaired) electrons. The highest BCUT2D eigenvalue weighted by Crippen LogP contribution is 2.32. The minimum atomic E-state index is -0.415. The summed E-state index contributed by atoms with van der Waals surface area (Å²) in [5.74, 6) is 0.0958. The molecule has 47 heavy (non-hydrogen) atoms. The van der Waals surface area contributed by atoms with Gasteiger partial charge in [-0.15, -0.1) is 0 Å². The number of carbonyl (C=O) groups is 3. The predicted molar refractivity (Wildman–Crippen MR) is 192 cm³/mol. The third-order valence-corrected chi connectivity index (χ3v) is 10.5. The first-order chi connectivity index (χ1) is 22.8. The van der Waals surface area contributed by atoms with Gasteiger partial charge in [0.25, 0.3) is 11.8 Å². The van der Waals surface area contributed by atoms with E-state index in [1.165, 1.54) is 12.8 Å². The van der Waals surface area contributed by atoms with Crippen molar-refractivity contribution < 1.29 is 14.4 Å². The summed E-state index contributed by atoms with van der Waals surface area (Å²) < 4.78 is 0. The average Bonchev–Trinajstić information content (AvgIpc) is 3.53. The first-order valence-electron chi connectivity index (χ1n) is 17.2. The molecular weight excluding hydrogens is 659 g/mol. The summed E-state index contributed by atoms with van der Waals surface area (Å²) in [6.45, 7) is 9.86. The number of likely N-dealkylation sites (tertiary alicyclic amines) is 2. The van der Waals surface area contributed by atoms with Crippen molar-refractivity contribution in [2.75, 3.05) is 88.3 Å². The number of nitrogens with one attached hydrogen (secondary N) is 1. The lowest BCUT2D eigenvalue weighted by Gasteiger charge is -2.29. The largest absolute Gasteiger partial charge is 0.369 e. The lowest BCUT2D eigenvalue weighted by atomic mass is 10.1. The summed E-state index contributed by atoms with van der Waals surface area (Å²) in [6.07, 6.45) is 8.62. The first-order valence-corrected chi connectivity index (χ1v) is 18.3. The van der Waals surface area contributed by atoms with Crippen molar-refractivity contribution in [3.8, 4) is 0 Å². The van der Waals surface area contributed by atoms with Crippen molar-refractivity contribution in [2.24, 2.45) is 0 Å². The second kappa shape index (κ2) is 17.6. The zero-order valence-corrected chi connectivity index (χ0v) is 29.5. The van der Waals surface area contributed by atoms with Crippen LogP contribution in [-0.4, -0.2) is 110 Å². The van der Waals surface area contributed by atoms with E-state index >= 15 is 0 Å². The highest BCUT2D eigenvalue weighted by atomic mass is 35.5. The summed E-state index contributed by atoms with van der Waals surface area (Å²) >= 11 is 18.8. The van der Waals surface area contributed by atoms with E-state index in [1.54, 1.807) is 11.0 Å². The molecule has 4 saturated heterocycles. The minimum absolute atomic E-state index is 0.0129. The molecule has 0 aromatic heterocycles. The lowest BCUT2D eigenvalue weighted by molar-refractivity contribution is 0.0717. The molecule has 0 aliphatic carbocycles. The Hall–Kier alpha value is -2.72. The quantitative estimate of drug-likeness (QED) is 0.285. The Labute approximate surface area is 294 Å². The van der Waals surface area contributed by atoms with E-state index in [2.05, 4.69) is 15.1 Å². The Morgan fingerprint density at radius 2 is 1.00 bits per heavy atom. The fourth-order valence-electron chi connectivity index (χ4n) is 6.81. The second-order valence-electron chi connectivity index (χ2n) is 12.7. The standard InChI is InChI=1S/C18H23Cl2N3O2.C17H24ClN3O/c19-16-14(17(24)22-8-2-1-3-9-22)6-4-7-15(16)21-10-5-11-23(13-12-21)18(20)25;18-16-14(17(22)21-10-2-1-3-11-21)6-4-7-15(16)20-12-5-8-19-9-13-20/h4,6-7H,1-3,5,8-13H2;4,6-7,19H,1-3,5,8-13H2. The average molecular weight is 706 g/mol. The first kappa shape index (κ1) is 35.6. The van der Waals surface area contributed by atoms with Crippen LogP contribution >= 0.6 is 34.8 Å². The third kappa shape index (κ3) is 9.25. The summed E-state index contributed by atoms with van der Waals surface area (Å²) in [6, 6.07) is 11.5. The van der Waals surface area contributed by atoms with Crippen molar-refractivity contribution >= 4 is 63.4 Å². The van der Waals surface area contributed by atoms with E-state index in [0.717, 1.165) is 109 Å². The van der Waals surface area contributed by atoms with Crippen LogP contribution in [0, 0.1) is 0 Å². The van der Waals surface area contributed by atoms with Crippen LogP contribution < -0.4 is 15.1 Å². The molecule has 0 bridgehead atoms. The topological polar surface area (TPSA) is 79.4 Å². The molecule has 4 fully saturated rings. The molecule has 6 rings (SSSR count). The molecule has 1 N–H and O–H groups in total. The van der Waals surface area contributed by atoms with Gasteiger partial charge in [0.15, 0.2) is 0 Å². The SMILES string of the molecule is O=C(Cl)N1CCCN(c2cccc(C(=O)N3CCCCC3)c2Cl)CC1.O=C(c1cccc(N2CCCNCC2)c1Cl)N1CCCCC1. The Balaban J connectivity index is 0.000000186. The number of anilines is 2. The summed E-state index contributed by atoms with van der Waals surface area (Å²) in [7, 11) is 0. The van der Waals surface area contributed by atoms with Crippen molar-refractivity contribution in [3.63, 3.8) is 0 Å². The minimum Gasteiger partial charge on any atom is -0.369 e. The molecule has 0 spiro atoms. The number of rotatable bonds is 4. The lowest BCUT2D eigenvalue weighted by Crippen LogP contribution is -2.36. The molecule has 0 atom stereocenters. The van der Waals surface area contributed by atoms with E-state index in [9.17, 15) is 14.4 Å². The van der Waals surface area contributed by atoms with Crippen molar-refractivity contribution in [2.45, 2.75) is 51.4 Å². The highest BCUT2D eigenvalue weighted by Gasteiger charge is 2.26. The number of hydrogen-bond acceptors (Lipinski definition) is 6. The van der Waals surface area contributed by atoms with Crippen molar-refractivity contribution in [1.29, 1.82) is 0 Å². The molecule has 256 valence electrons. The maximum atomic E-state index is 12.8. The predicted octanol–water partition coefficient (Wildman–Crippen LogP) is 6.60. The smallest absolute Gasteiger partial charge is 0.316 e. The molecule has 9 nitrogen and oxygen atoms in total. The van der Waals surface area contributed by atoms with Crippen molar-refractivity contribution in [1.82, 2.24) is 20.0 Å². The van der Waals surface area contributed by atoms with E-state index in [-0.39, 0.29) is 11.8 Å². The molecule has 3 amide bonds. The molecule has 2 aromatic carbocycles. The highest BCUT2D eigenvalue weighted by molar-refractivity contribution is 6.62. The Kier molecular flexibility index (Phi) is 13.3. The molecule has 4 aliphatic rings. The summed E-state index contributed by atoms with van der Waals surface area (Å²) in [4.78, 5) is 46.8. The second-order valence-corrected chi connectivity index (χ2v) is 13.7. The molecule has 4 aliphatic heterocycles. The van der Waals surface area contributed by atoms with Gasteiger partial charge in [-0.2, -0.15) is 0 Å². The van der Waals surface area contributed by atoms with Crippen LogP contribution in [0.15, 0.2) is 36.4 Å². The maximum absolute atomic E-state index is 12.8. The van der Waals surface area contributed by atoms with Crippen LogP contribution in [0.4, 0.5) is 16.2 Å². The van der Waals surface area contributed by atoms with Crippen LogP contribution in [0.5, 0.6) is 0 Å². The maximum Gasteiger partial charge on any atom is 0.316 e. The summed E-state index contributed by atoms with van der Waals surface area (Å²) in [5, 5.41) is 4.10. The van der Waals surface area contributed by atoms with Crippen molar-refractivity contribution in [3.05, 3.63) is 57.6 Å². The molecule has 0 unspecified atom stereocenters. The Morgan fingerprint density at radius 1 is 0.511 bits per heavy atom. The Bertz CT molecular complexity index is 1370. The number of carbonyl (C=O) groups excluding carboxylic acids is 3. The van der Waals surface area contributed by atoms with E-state index in [4.69, 9.17) is 34.8 Å². The molecule has 0 saturated carbocycles. The summed E-state index contributed by atoms with van der Waals surface area (Å²) in [5.41, 5.74) is 3.07. The van der Waals surface area contributed by atoms with Crippen LogP contribution in [0.3, 0.4) is 0 Å². The van der Waals surface area contributed by atoms with Crippen LogP contribution in [0.1, 0.15) is 72.1 Å². The monoisotopic (exact) mass is 704 g/mol. The van der Waals surface area contributed by atoms with Gasteiger partial charge in [-0.1, -0.05) is 35.3 Å². The number of nitrogens with zero attached hydrogens (tertiary/aromatic N) is 5. The Morgan fingerprint density at radius 3 is 1.53 bits per heavy atom. The number of hydrogen-bond donors (Lipinski definition) is 1. The van der Waals surface area contributed by atoms with Gasteiger partial charge >= 0.3 is 5.37 Å². The van der Waals surface area contributed by atoms with Gasteiger partial charge in [0.2, 0.25) is 0 Å². The zero-order chi connectivity index (χ0) is 33.2. The number of halogens is 3. The van der Waals surface area contributed by atoms with Gasteiger partial charge in [-0.05, 0) is 93.8 Å². The van der Waals surface area contributed by atoms with Crippen LogP contribution in [0.2, 0.25) is 10.0 Å². The van der Waals surface area contributed by atoms with E-state index in [1.807, 2.05) is 40.1 Å². The van der Waals surface area contributed by atoms with Gasteiger partial charge < -0.3 is 29.8 Å². The fraction of sp³-hybridized carbons (Fsp3) is 0.571.